The molecule has 1 amide bonds. The van der Waals surface area contributed by atoms with Crippen molar-refractivity contribution < 1.29 is 13.6 Å². The molecule has 2 saturated heterocycles. The molecule has 2 aliphatic heterocycles. The van der Waals surface area contributed by atoms with Gasteiger partial charge in [0.2, 0.25) is 5.91 Å². The number of piperidine rings is 1. The van der Waals surface area contributed by atoms with Crippen LogP contribution in [0, 0.1) is 11.6 Å². The van der Waals surface area contributed by atoms with E-state index in [4.69, 9.17) is 0 Å². The maximum absolute atomic E-state index is 13.4. The van der Waals surface area contributed by atoms with Gasteiger partial charge in [-0.3, -0.25) is 10.1 Å². The van der Waals surface area contributed by atoms with Gasteiger partial charge in [0.05, 0.1) is 5.66 Å². The SMILES string of the molecule is O=C1CCNC2(CCN(CCCC(c3ccc(F)cc3)c3ccc(F)cc3)CC2)N1. The van der Waals surface area contributed by atoms with E-state index in [1.807, 2.05) is 24.3 Å². The van der Waals surface area contributed by atoms with Crippen LogP contribution in [0.2, 0.25) is 0 Å². The fourth-order valence-electron chi connectivity index (χ4n) is 4.68. The van der Waals surface area contributed by atoms with Crippen LogP contribution in [0.25, 0.3) is 0 Å². The van der Waals surface area contributed by atoms with Crippen molar-refractivity contribution in [2.75, 3.05) is 26.2 Å². The number of hydrogen-bond acceptors (Lipinski definition) is 3. The molecule has 160 valence electrons. The summed E-state index contributed by atoms with van der Waals surface area (Å²) in [6.07, 6.45) is 4.29. The Labute approximate surface area is 176 Å². The quantitative estimate of drug-likeness (QED) is 0.758. The van der Waals surface area contributed by atoms with Crippen LogP contribution in [-0.2, 0) is 4.79 Å². The van der Waals surface area contributed by atoms with Crippen LogP contribution < -0.4 is 10.6 Å². The molecule has 0 aliphatic carbocycles. The van der Waals surface area contributed by atoms with Crippen LogP contribution in [0.4, 0.5) is 8.78 Å². The van der Waals surface area contributed by atoms with Gasteiger partial charge >= 0.3 is 0 Å². The van der Waals surface area contributed by atoms with Crippen molar-refractivity contribution in [3.8, 4) is 0 Å². The summed E-state index contributed by atoms with van der Waals surface area (Å²) in [5.41, 5.74) is 1.88. The summed E-state index contributed by atoms with van der Waals surface area (Å²) in [5.74, 6) is -0.241. The highest BCUT2D eigenvalue weighted by atomic mass is 19.1. The van der Waals surface area contributed by atoms with Crippen molar-refractivity contribution >= 4 is 5.91 Å². The summed E-state index contributed by atoms with van der Waals surface area (Å²) in [6, 6.07) is 13.2. The summed E-state index contributed by atoms with van der Waals surface area (Å²) in [6.45, 7) is 3.63. The number of amides is 1. The molecule has 0 saturated carbocycles. The average molecular weight is 414 g/mol. The minimum atomic E-state index is -0.248. The first-order valence-electron chi connectivity index (χ1n) is 10.8. The third kappa shape index (κ3) is 5.05. The molecule has 4 rings (SSSR count). The first kappa shape index (κ1) is 20.9. The van der Waals surface area contributed by atoms with Gasteiger partial charge in [0, 0.05) is 32.0 Å². The van der Waals surface area contributed by atoms with E-state index >= 15 is 0 Å². The molecule has 0 unspecified atom stereocenters. The number of nitrogens with zero attached hydrogens (tertiary/aromatic N) is 1. The molecule has 2 aliphatic rings. The number of carbonyl (C=O) groups is 1. The average Bonchev–Trinajstić information content (AvgIpc) is 2.74. The van der Waals surface area contributed by atoms with E-state index in [0.29, 0.717) is 6.42 Å². The van der Waals surface area contributed by atoms with Gasteiger partial charge in [-0.1, -0.05) is 24.3 Å². The highest BCUT2D eigenvalue weighted by Gasteiger charge is 2.37. The molecule has 2 N–H and O–H groups in total. The van der Waals surface area contributed by atoms with Gasteiger partial charge in [-0.05, 0) is 67.6 Å². The van der Waals surface area contributed by atoms with E-state index in [0.717, 1.165) is 63.0 Å². The second-order valence-electron chi connectivity index (χ2n) is 8.45. The summed E-state index contributed by atoms with van der Waals surface area (Å²) in [7, 11) is 0. The number of nitrogens with one attached hydrogen (secondary N) is 2. The lowest BCUT2D eigenvalue weighted by molar-refractivity contribution is -0.126. The summed E-state index contributed by atoms with van der Waals surface area (Å²) in [4.78, 5) is 14.2. The van der Waals surface area contributed by atoms with Gasteiger partial charge in [-0.2, -0.15) is 0 Å². The molecule has 4 nitrogen and oxygen atoms in total. The molecular weight excluding hydrogens is 384 g/mol. The van der Waals surface area contributed by atoms with Crippen molar-refractivity contribution in [1.82, 2.24) is 15.5 Å². The molecule has 6 heteroatoms. The van der Waals surface area contributed by atoms with Crippen molar-refractivity contribution in [1.29, 1.82) is 0 Å². The number of carbonyl (C=O) groups excluding carboxylic acids is 1. The maximum atomic E-state index is 13.4. The predicted molar refractivity (Wildman–Crippen MR) is 113 cm³/mol. The minimum Gasteiger partial charge on any atom is -0.338 e. The van der Waals surface area contributed by atoms with Gasteiger partial charge < -0.3 is 10.2 Å². The van der Waals surface area contributed by atoms with E-state index in [2.05, 4.69) is 15.5 Å². The Bertz CT molecular complexity index is 800. The van der Waals surface area contributed by atoms with Gasteiger partial charge in [-0.25, -0.2) is 8.78 Å². The monoisotopic (exact) mass is 413 g/mol. The second kappa shape index (κ2) is 9.23. The highest BCUT2D eigenvalue weighted by Crippen LogP contribution is 2.30. The topological polar surface area (TPSA) is 44.4 Å². The summed E-state index contributed by atoms with van der Waals surface area (Å²) in [5, 5.41) is 6.63. The number of rotatable bonds is 6. The fourth-order valence-corrected chi connectivity index (χ4v) is 4.68. The van der Waals surface area contributed by atoms with Crippen molar-refractivity contribution in [2.45, 2.75) is 43.7 Å². The zero-order valence-corrected chi connectivity index (χ0v) is 17.2. The van der Waals surface area contributed by atoms with E-state index in [9.17, 15) is 13.6 Å². The van der Waals surface area contributed by atoms with Gasteiger partial charge in [0.15, 0.2) is 0 Å². The second-order valence-corrected chi connectivity index (χ2v) is 8.45. The normalized spacial score (nSPS) is 19.2. The van der Waals surface area contributed by atoms with Crippen LogP contribution in [0.3, 0.4) is 0 Å². The Morgan fingerprint density at radius 2 is 1.50 bits per heavy atom. The number of halogens is 2. The Balaban J connectivity index is 1.34. The van der Waals surface area contributed by atoms with E-state index in [1.165, 1.54) is 24.3 Å². The van der Waals surface area contributed by atoms with Gasteiger partial charge in [-0.15, -0.1) is 0 Å². The van der Waals surface area contributed by atoms with Crippen LogP contribution in [0.15, 0.2) is 48.5 Å². The van der Waals surface area contributed by atoms with Crippen molar-refractivity contribution in [2.24, 2.45) is 0 Å². The maximum Gasteiger partial charge on any atom is 0.222 e. The molecule has 2 heterocycles. The van der Waals surface area contributed by atoms with Crippen molar-refractivity contribution in [3.63, 3.8) is 0 Å². The smallest absolute Gasteiger partial charge is 0.222 e. The third-order valence-electron chi connectivity index (χ3n) is 6.42. The molecule has 30 heavy (non-hydrogen) atoms. The molecule has 0 atom stereocenters. The Hall–Kier alpha value is -2.31. The first-order valence-corrected chi connectivity index (χ1v) is 10.8. The lowest BCUT2D eigenvalue weighted by atomic mass is 9.87. The fraction of sp³-hybridized carbons (Fsp3) is 0.458. The first-order chi connectivity index (χ1) is 14.5. The van der Waals surface area contributed by atoms with Crippen LogP contribution >= 0.6 is 0 Å². The predicted octanol–water partition coefficient (Wildman–Crippen LogP) is 3.78. The lowest BCUT2D eigenvalue weighted by Gasteiger charge is -2.45. The van der Waals surface area contributed by atoms with Crippen LogP contribution in [0.5, 0.6) is 0 Å². The molecule has 0 radical (unpaired) electrons. The van der Waals surface area contributed by atoms with Crippen LogP contribution in [-0.4, -0.2) is 42.6 Å². The Kier molecular flexibility index (Phi) is 6.44. The molecule has 0 aromatic heterocycles. The molecule has 1 spiro atoms. The minimum absolute atomic E-state index is 0.113. The van der Waals surface area contributed by atoms with Gasteiger partial charge in [0.25, 0.3) is 0 Å². The Morgan fingerprint density at radius 1 is 0.933 bits per heavy atom. The van der Waals surface area contributed by atoms with Crippen molar-refractivity contribution in [3.05, 3.63) is 71.3 Å². The largest absolute Gasteiger partial charge is 0.338 e. The lowest BCUT2D eigenvalue weighted by Crippen LogP contribution is -2.66. The molecule has 2 aromatic carbocycles. The highest BCUT2D eigenvalue weighted by molar-refractivity contribution is 5.77. The van der Waals surface area contributed by atoms with Gasteiger partial charge in [0.1, 0.15) is 11.6 Å². The number of likely N-dealkylation sites (tertiary alicyclic amines) is 1. The molecule has 2 aromatic rings. The van der Waals surface area contributed by atoms with E-state index in [-0.39, 0.29) is 29.1 Å². The summed E-state index contributed by atoms with van der Waals surface area (Å²) < 4.78 is 26.8. The number of hydrogen-bond donors (Lipinski definition) is 2. The molecular formula is C24H29F2N3O. The standard InChI is InChI=1S/C24H29F2N3O/c25-20-7-3-18(4-8-20)22(19-5-9-21(26)10-6-19)2-1-15-29-16-12-24(13-17-29)27-14-11-23(30)28-24/h3-10,22,27H,1-2,11-17H2,(H,28,30). The zero-order chi connectivity index (χ0) is 21.0. The Morgan fingerprint density at radius 3 is 2.03 bits per heavy atom. The number of benzene rings is 2. The molecule has 0 bridgehead atoms. The summed E-state index contributed by atoms with van der Waals surface area (Å²) >= 11 is 0. The molecule has 2 fully saturated rings. The zero-order valence-electron chi connectivity index (χ0n) is 17.2. The van der Waals surface area contributed by atoms with E-state index < -0.39 is 0 Å². The third-order valence-corrected chi connectivity index (χ3v) is 6.42. The van der Waals surface area contributed by atoms with Crippen LogP contribution in [0.1, 0.15) is 49.1 Å². The van der Waals surface area contributed by atoms with E-state index in [1.54, 1.807) is 0 Å².